The molecule has 0 spiro atoms. The van der Waals surface area contributed by atoms with Gasteiger partial charge in [-0.3, -0.25) is 9.97 Å². The molecule has 0 radical (unpaired) electrons. The summed E-state index contributed by atoms with van der Waals surface area (Å²) in [6.07, 6.45) is 7.93. The van der Waals surface area contributed by atoms with Gasteiger partial charge in [0.05, 0.1) is 5.69 Å². The molecule has 0 atom stereocenters. The van der Waals surface area contributed by atoms with E-state index in [1.54, 1.807) is 0 Å². The Balaban J connectivity index is 1.47. The van der Waals surface area contributed by atoms with Gasteiger partial charge in [-0.2, -0.15) is 0 Å². The van der Waals surface area contributed by atoms with Crippen molar-refractivity contribution in [2.45, 2.75) is 25.4 Å². The number of aromatic nitrogens is 2. The minimum Gasteiger partial charge on any atom is -0.371 e. The summed E-state index contributed by atoms with van der Waals surface area (Å²) in [4.78, 5) is 10.8. The van der Waals surface area contributed by atoms with Crippen LogP contribution in [0.15, 0.2) is 48.9 Å². The van der Waals surface area contributed by atoms with Gasteiger partial charge in [-0.05, 0) is 37.1 Å². The van der Waals surface area contributed by atoms with Gasteiger partial charge in [-0.25, -0.2) is 0 Å². The summed E-state index contributed by atoms with van der Waals surface area (Å²) >= 11 is 0. The summed E-state index contributed by atoms with van der Waals surface area (Å²) in [5.74, 6) is 0. The largest absolute Gasteiger partial charge is 0.371 e. The fourth-order valence-electron chi connectivity index (χ4n) is 2.65. The van der Waals surface area contributed by atoms with Crippen LogP contribution in [-0.2, 0) is 6.54 Å². The molecule has 1 saturated heterocycles. The van der Waals surface area contributed by atoms with Crippen LogP contribution in [-0.4, -0.2) is 29.1 Å². The first-order valence-electron chi connectivity index (χ1n) is 7.20. The third-order valence-electron chi connectivity index (χ3n) is 3.82. The summed E-state index contributed by atoms with van der Waals surface area (Å²) < 4.78 is 0. The molecule has 1 fully saturated rings. The highest BCUT2D eigenvalue weighted by Gasteiger charge is 2.18. The lowest BCUT2D eigenvalue weighted by Crippen LogP contribution is -2.42. The molecule has 1 aliphatic heterocycles. The van der Waals surface area contributed by atoms with Gasteiger partial charge in [0.25, 0.3) is 0 Å². The third kappa shape index (κ3) is 3.33. The lowest BCUT2D eigenvalue weighted by molar-refractivity contribution is 0.412. The maximum absolute atomic E-state index is 4.35. The van der Waals surface area contributed by atoms with E-state index in [1.165, 1.54) is 18.5 Å². The molecule has 2 aromatic rings. The lowest BCUT2D eigenvalue weighted by Gasteiger charge is -2.34. The van der Waals surface area contributed by atoms with Crippen molar-refractivity contribution in [3.05, 3.63) is 54.6 Å². The number of nitrogens with zero attached hydrogens (tertiary/aromatic N) is 3. The van der Waals surface area contributed by atoms with E-state index < -0.39 is 0 Å². The normalized spacial score (nSPS) is 16.3. The van der Waals surface area contributed by atoms with Crippen LogP contribution in [0.1, 0.15) is 18.5 Å². The topological polar surface area (TPSA) is 41.0 Å². The van der Waals surface area contributed by atoms with E-state index in [-0.39, 0.29) is 0 Å². The van der Waals surface area contributed by atoms with Gasteiger partial charge >= 0.3 is 0 Å². The van der Waals surface area contributed by atoms with Crippen LogP contribution in [0.25, 0.3) is 0 Å². The standard InChI is InChI=1S/C16H20N4/c1-2-8-18-15(3-1)13-19-14-6-11-20(12-7-14)16-4-9-17-10-5-16/h1-5,8-10,14,19H,6-7,11-13H2. The predicted molar refractivity (Wildman–Crippen MR) is 80.5 cm³/mol. The molecule has 20 heavy (non-hydrogen) atoms. The number of rotatable bonds is 4. The Hall–Kier alpha value is -1.94. The lowest BCUT2D eigenvalue weighted by atomic mass is 10.0. The number of hydrogen-bond acceptors (Lipinski definition) is 4. The zero-order valence-electron chi connectivity index (χ0n) is 11.6. The minimum atomic E-state index is 0.593. The van der Waals surface area contributed by atoms with Gasteiger partial charge in [0.1, 0.15) is 0 Å². The van der Waals surface area contributed by atoms with Crippen LogP contribution in [0.4, 0.5) is 5.69 Å². The van der Waals surface area contributed by atoms with E-state index in [1.807, 2.05) is 30.7 Å². The van der Waals surface area contributed by atoms with E-state index in [0.29, 0.717) is 6.04 Å². The van der Waals surface area contributed by atoms with Crippen molar-refractivity contribution in [2.24, 2.45) is 0 Å². The van der Waals surface area contributed by atoms with Crippen LogP contribution in [0.3, 0.4) is 0 Å². The highest BCUT2D eigenvalue weighted by Crippen LogP contribution is 2.18. The molecule has 1 aliphatic rings. The Kier molecular flexibility index (Phi) is 4.23. The monoisotopic (exact) mass is 268 g/mol. The van der Waals surface area contributed by atoms with E-state index in [2.05, 4.69) is 38.4 Å². The Morgan fingerprint density at radius 2 is 1.85 bits per heavy atom. The second-order valence-electron chi connectivity index (χ2n) is 5.17. The Bertz CT molecular complexity index is 507. The number of hydrogen-bond donors (Lipinski definition) is 1. The number of nitrogens with one attached hydrogen (secondary N) is 1. The molecule has 2 aromatic heterocycles. The third-order valence-corrected chi connectivity index (χ3v) is 3.82. The van der Waals surface area contributed by atoms with Gasteiger partial charge in [-0.15, -0.1) is 0 Å². The van der Waals surface area contributed by atoms with Gasteiger partial charge in [0, 0.05) is 50.0 Å². The van der Waals surface area contributed by atoms with Crippen LogP contribution < -0.4 is 10.2 Å². The van der Waals surface area contributed by atoms with Crippen molar-refractivity contribution in [1.82, 2.24) is 15.3 Å². The van der Waals surface area contributed by atoms with Crippen molar-refractivity contribution in [3.63, 3.8) is 0 Å². The average Bonchev–Trinajstić information content (AvgIpc) is 2.55. The summed E-state index contributed by atoms with van der Waals surface area (Å²) in [6, 6.07) is 10.8. The zero-order chi connectivity index (χ0) is 13.6. The Morgan fingerprint density at radius 3 is 2.55 bits per heavy atom. The van der Waals surface area contributed by atoms with Crippen LogP contribution >= 0.6 is 0 Å². The summed E-state index contributed by atoms with van der Waals surface area (Å²) in [7, 11) is 0. The predicted octanol–water partition coefficient (Wildman–Crippen LogP) is 2.24. The van der Waals surface area contributed by atoms with Crippen LogP contribution in [0.2, 0.25) is 0 Å². The molecule has 0 unspecified atom stereocenters. The molecule has 0 amide bonds. The molecule has 0 saturated carbocycles. The zero-order valence-corrected chi connectivity index (χ0v) is 11.6. The first-order valence-corrected chi connectivity index (χ1v) is 7.20. The molecule has 104 valence electrons. The quantitative estimate of drug-likeness (QED) is 0.923. The van der Waals surface area contributed by atoms with Gasteiger partial charge < -0.3 is 10.2 Å². The molecule has 0 aromatic carbocycles. The van der Waals surface area contributed by atoms with Crippen molar-refractivity contribution in [1.29, 1.82) is 0 Å². The van der Waals surface area contributed by atoms with Crippen molar-refractivity contribution >= 4 is 5.69 Å². The molecule has 1 N–H and O–H groups in total. The van der Waals surface area contributed by atoms with Crippen LogP contribution in [0, 0.1) is 0 Å². The molecule has 4 heteroatoms. The molecule has 3 heterocycles. The van der Waals surface area contributed by atoms with Gasteiger partial charge in [-0.1, -0.05) is 6.07 Å². The first kappa shape index (κ1) is 13.1. The van der Waals surface area contributed by atoms with E-state index in [9.17, 15) is 0 Å². The highest BCUT2D eigenvalue weighted by molar-refractivity contribution is 5.44. The van der Waals surface area contributed by atoms with Crippen molar-refractivity contribution in [3.8, 4) is 0 Å². The van der Waals surface area contributed by atoms with Gasteiger partial charge in [0.2, 0.25) is 0 Å². The molecule has 0 aliphatic carbocycles. The smallest absolute Gasteiger partial charge is 0.0541 e. The van der Waals surface area contributed by atoms with E-state index in [0.717, 1.165) is 25.3 Å². The van der Waals surface area contributed by atoms with Crippen LogP contribution in [0.5, 0.6) is 0 Å². The number of piperidine rings is 1. The number of pyridine rings is 2. The Labute approximate surface area is 119 Å². The molecule has 4 nitrogen and oxygen atoms in total. The number of anilines is 1. The maximum atomic E-state index is 4.35. The summed E-state index contributed by atoms with van der Waals surface area (Å²) in [6.45, 7) is 3.06. The van der Waals surface area contributed by atoms with Crippen molar-refractivity contribution in [2.75, 3.05) is 18.0 Å². The van der Waals surface area contributed by atoms with Crippen molar-refractivity contribution < 1.29 is 0 Å². The molecular weight excluding hydrogens is 248 g/mol. The SMILES string of the molecule is c1ccc(CNC2CCN(c3ccncc3)CC2)nc1. The fourth-order valence-corrected chi connectivity index (χ4v) is 2.65. The fraction of sp³-hybridized carbons (Fsp3) is 0.375. The molecule has 3 rings (SSSR count). The average molecular weight is 268 g/mol. The van der Waals surface area contributed by atoms with E-state index >= 15 is 0 Å². The minimum absolute atomic E-state index is 0.593. The highest BCUT2D eigenvalue weighted by atomic mass is 15.1. The Morgan fingerprint density at radius 1 is 1.05 bits per heavy atom. The second kappa shape index (κ2) is 6.48. The maximum Gasteiger partial charge on any atom is 0.0541 e. The summed E-state index contributed by atoms with van der Waals surface area (Å²) in [5, 5.41) is 3.61. The molecular formula is C16H20N4. The summed E-state index contributed by atoms with van der Waals surface area (Å²) in [5.41, 5.74) is 2.40. The van der Waals surface area contributed by atoms with Gasteiger partial charge in [0.15, 0.2) is 0 Å². The first-order chi connectivity index (χ1) is 9.92. The van der Waals surface area contributed by atoms with E-state index in [4.69, 9.17) is 0 Å². The second-order valence-corrected chi connectivity index (χ2v) is 5.17. The molecule has 0 bridgehead atoms.